The molecule has 1 amide bonds. The maximum absolute atomic E-state index is 12.4. The number of ether oxygens (including phenoxy) is 1. The van der Waals surface area contributed by atoms with Crippen molar-refractivity contribution >= 4 is 11.6 Å². The van der Waals surface area contributed by atoms with Gasteiger partial charge in [-0.2, -0.15) is 0 Å². The molecule has 2 aromatic rings. The van der Waals surface area contributed by atoms with Crippen molar-refractivity contribution in [1.29, 1.82) is 0 Å². The molecule has 0 saturated carbocycles. The fourth-order valence-electron chi connectivity index (χ4n) is 3.13. The molecule has 0 aliphatic carbocycles. The molecule has 1 heterocycles. The van der Waals surface area contributed by atoms with Crippen LogP contribution in [0.15, 0.2) is 42.5 Å². The van der Waals surface area contributed by atoms with E-state index in [1.54, 1.807) is 18.2 Å². The van der Waals surface area contributed by atoms with E-state index in [-0.39, 0.29) is 12.5 Å². The normalized spacial score (nSPS) is 14.1. The molecule has 0 fully saturated rings. The number of hydrogen-bond acceptors (Lipinski definition) is 4. The number of anilines is 1. The van der Waals surface area contributed by atoms with Crippen LogP contribution < -0.4 is 15.0 Å². The number of carbonyl (C=O) groups excluding carboxylic acids is 1. The summed E-state index contributed by atoms with van der Waals surface area (Å²) in [5.74, 6) is 0.307. The van der Waals surface area contributed by atoms with Crippen LogP contribution in [0.1, 0.15) is 34.5 Å². The number of aliphatic hydroxyl groups is 1. The van der Waals surface area contributed by atoms with Gasteiger partial charge in [-0.1, -0.05) is 24.3 Å². The molecule has 1 atom stereocenters. The van der Waals surface area contributed by atoms with E-state index in [0.717, 1.165) is 18.5 Å². The largest absolute Gasteiger partial charge is 0.493 e. The summed E-state index contributed by atoms with van der Waals surface area (Å²) >= 11 is 0. The van der Waals surface area contributed by atoms with Crippen molar-refractivity contribution in [3.05, 3.63) is 59.2 Å². The maximum Gasteiger partial charge on any atom is 0.255 e. The Morgan fingerprint density at radius 2 is 2.12 bits per heavy atom. The van der Waals surface area contributed by atoms with Crippen LogP contribution in [-0.2, 0) is 6.42 Å². The highest BCUT2D eigenvalue weighted by Crippen LogP contribution is 2.29. The number of nitrogens with one attached hydrogen (secondary N) is 1. The van der Waals surface area contributed by atoms with Gasteiger partial charge in [0.25, 0.3) is 5.91 Å². The Hall–Kier alpha value is -2.53. The Morgan fingerprint density at radius 1 is 1.32 bits per heavy atom. The van der Waals surface area contributed by atoms with Crippen LogP contribution >= 0.6 is 0 Å². The first-order valence-electron chi connectivity index (χ1n) is 8.62. The Kier molecular flexibility index (Phi) is 5.24. The van der Waals surface area contributed by atoms with Crippen molar-refractivity contribution in [3.63, 3.8) is 0 Å². The molecule has 0 radical (unpaired) electrons. The number of fused-ring (bicyclic) bond motifs is 1. The summed E-state index contributed by atoms with van der Waals surface area (Å²) in [7, 11) is 2.07. The summed E-state index contributed by atoms with van der Waals surface area (Å²) < 4.78 is 5.48. The van der Waals surface area contributed by atoms with E-state index in [1.807, 2.05) is 31.2 Å². The van der Waals surface area contributed by atoms with Gasteiger partial charge >= 0.3 is 0 Å². The summed E-state index contributed by atoms with van der Waals surface area (Å²) in [4.78, 5) is 14.6. The third-order valence-corrected chi connectivity index (χ3v) is 4.50. The highest BCUT2D eigenvalue weighted by molar-refractivity contribution is 5.96. The molecule has 5 heteroatoms. The van der Waals surface area contributed by atoms with Gasteiger partial charge in [-0.3, -0.25) is 4.79 Å². The molecule has 0 bridgehead atoms. The van der Waals surface area contributed by atoms with Crippen LogP contribution in [-0.4, -0.2) is 37.8 Å². The first kappa shape index (κ1) is 17.3. The van der Waals surface area contributed by atoms with Crippen LogP contribution in [0.5, 0.6) is 5.75 Å². The van der Waals surface area contributed by atoms with Gasteiger partial charge in [-0.05, 0) is 42.7 Å². The van der Waals surface area contributed by atoms with Gasteiger partial charge in [0.2, 0.25) is 0 Å². The minimum absolute atomic E-state index is 0.161. The van der Waals surface area contributed by atoms with Crippen molar-refractivity contribution in [2.24, 2.45) is 0 Å². The predicted molar refractivity (Wildman–Crippen MR) is 98.3 cm³/mol. The highest BCUT2D eigenvalue weighted by Gasteiger charge is 2.19. The second-order valence-electron chi connectivity index (χ2n) is 6.21. The number of nitrogens with zero attached hydrogens (tertiary/aromatic N) is 1. The predicted octanol–water partition coefficient (Wildman–Crippen LogP) is 2.54. The Morgan fingerprint density at radius 3 is 2.92 bits per heavy atom. The fourth-order valence-corrected chi connectivity index (χ4v) is 3.13. The summed E-state index contributed by atoms with van der Waals surface area (Å²) in [6.45, 7) is 3.54. The number of amides is 1. The lowest BCUT2D eigenvalue weighted by atomic mass is 10.0. The van der Waals surface area contributed by atoms with Crippen molar-refractivity contribution in [3.8, 4) is 5.75 Å². The Balaban J connectivity index is 1.64. The minimum atomic E-state index is -0.737. The average molecular weight is 340 g/mol. The SMILES string of the molecule is CCOc1ccccc1C(=O)NCC(O)c1ccc2c(c1)CCN2C. The van der Waals surface area contributed by atoms with Gasteiger partial charge in [-0.15, -0.1) is 0 Å². The number of benzene rings is 2. The second-order valence-corrected chi connectivity index (χ2v) is 6.21. The molecule has 0 aromatic heterocycles. The van der Waals surface area contributed by atoms with E-state index < -0.39 is 6.10 Å². The van der Waals surface area contributed by atoms with E-state index >= 15 is 0 Å². The summed E-state index contributed by atoms with van der Waals surface area (Å²) in [5.41, 5.74) is 3.76. The average Bonchev–Trinajstić information content (AvgIpc) is 3.00. The second kappa shape index (κ2) is 7.57. The molecule has 132 valence electrons. The molecule has 5 nitrogen and oxygen atoms in total. The zero-order chi connectivity index (χ0) is 17.8. The van der Waals surface area contributed by atoms with Crippen molar-refractivity contribution in [1.82, 2.24) is 5.32 Å². The number of likely N-dealkylation sites (N-methyl/N-ethyl adjacent to an activating group) is 1. The summed E-state index contributed by atoms with van der Waals surface area (Å²) in [5, 5.41) is 13.2. The number of hydrogen-bond donors (Lipinski definition) is 2. The van der Waals surface area contributed by atoms with Gasteiger partial charge in [0.1, 0.15) is 5.75 Å². The minimum Gasteiger partial charge on any atom is -0.493 e. The van der Waals surface area contributed by atoms with Crippen LogP contribution in [0, 0.1) is 0 Å². The molecule has 1 aliphatic rings. The zero-order valence-electron chi connectivity index (χ0n) is 14.7. The van der Waals surface area contributed by atoms with Crippen LogP contribution in [0.3, 0.4) is 0 Å². The molecule has 1 aliphatic heterocycles. The van der Waals surface area contributed by atoms with Crippen LogP contribution in [0.4, 0.5) is 5.69 Å². The molecule has 2 N–H and O–H groups in total. The number of para-hydroxylation sites is 1. The van der Waals surface area contributed by atoms with E-state index in [9.17, 15) is 9.90 Å². The van der Waals surface area contributed by atoms with Gasteiger partial charge in [0.15, 0.2) is 0 Å². The standard InChI is InChI=1S/C20H24N2O3/c1-3-25-19-7-5-4-6-16(19)20(24)21-13-18(23)15-8-9-17-14(12-15)10-11-22(17)2/h4-9,12,18,23H,3,10-11,13H2,1-2H3,(H,21,24). The summed E-state index contributed by atoms with van der Waals surface area (Å²) in [6.07, 6.45) is 0.250. The molecular weight excluding hydrogens is 316 g/mol. The molecule has 2 aromatic carbocycles. The smallest absolute Gasteiger partial charge is 0.255 e. The van der Waals surface area contributed by atoms with Gasteiger partial charge in [-0.25, -0.2) is 0 Å². The van der Waals surface area contributed by atoms with E-state index in [2.05, 4.69) is 17.3 Å². The third-order valence-electron chi connectivity index (χ3n) is 4.50. The number of rotatable bonds is 6. The zero-order valence-corrected chi connectivity index (χ0v) is 14.7. The number of aliphatic hydroxyl groups excluding tert-OH is 1. The molecule has 0 saturated heterocycles. The lowest BCUT2D eigenvalue weighted by Crippen LogP contribution is -2.28. The molecule has 3 rings (SSSR count). The van der Waals surface area contributed by atoms with Crippen molar-refractivity contribution in [2.45, 2.75) is 19.4 Å². The van der Waals surface area contributed by atoms with Crippen molar-refractivity contribution in [2.75, 3.05) is 31.6 Å². The van der Waals surface area contributed by atoms with E-state index in [0.29, 0.717) is 17.9 Å². The number of carbonyl (C=O) groups is 1. The topological polar surface area (TPSA) is 61.8 Å². The van der Waals surface area contributed by atoms with Gasteiger partial charge in [0, 0.05) is 25.8 Å². The molecule has 0 spiro atoms. The van der Waals surface area contributed by atoms with Crippen LogP contribution in [0.25, 0.3) is 0 Å². The van der Waals surface area contributed by atoms with Gasteiger partial charge in [0.05, 0.1) is 18.3 Å². The van der Waals surface area contributed by atoms with E-state index in [4.69, 9.17) is 4.74 Å². The van der Waals surface area contributed by atoms with Crippen molar-refractivity contribution < 1.29 is 14.6 Å². The molecular formula is C20H24N2O3. The van der Waals surface area contributed by atoms with E-state index in [1.165, 1.54) is 11.3 Å². The maximum atomic E-state index is 12.4. The van der Waals surface area contributed by atoms with Gasteiger partial charge < -0.3 is 20.1 Å². The quantitative estimate of drug-likeness (QED) is 0.848. The lowest BCUT2D eigenvalue weighted by Gasteiger charge is -2.16. The first-order valence-corrected chi connectivity index (χ1v) is 8.62. The summed E-state index contributed by atoms with van der Waals surface area (Å²) in [6, 6.07) is 13.1. The third kappa shape index (κ3) is 3.77. The first-order chi connectivity index (χ1) is 12.1. The molecule has 1 unspecified atom stereocenters. The highest BCUT2D eigenvalue weighted by atomic mass is 16.5. The lowest BCUT2D eigenvalue weighted by molar-refractivity contribution is 0.0912. The van der Waals surface area contributed by atoms with Crippen LogP contribution in [0.2, 0.25) is 0 Å². The Labute approximate surface area is 148 Å². The fraction of sp³-hybridized carbons (Fsp3) is 0.350. The monoisotopic (exact) mass is 340 g/mol. The molecule has 25 heavy (non-hydrogen) atoms. The Bertz CT molecular complexity index is 760.